The van der Waals surface area contributed by atoms with Gasteiger partial charge in [-0.25, -0.2) is 0 Å². The third kappa shape index (κ3) is 2.64. The van der Waals surface area contributed by atoms with Gasteiger partial charge in [0.2, 0.25) is 0 Å². The van der Waals surface area contributed by atoms with E-state index < -0.39 is 20.7 Å². The second kappa shape index (κ2) is 6.55. The van der Waals surface area contributed by atoms with Gasteiger partial charge in [0.05, 0.1) is 0 Å². The first-order valence-corrected chi connectivity index (χ1v) is 28.8. The van der Waals surface area contributed by atoms with E-state index in [9.17, 15) is 0 Å². The van der Waals surface area contributed by atoms with Gasteiger partial charge >= 0.3 is 177 Å². The Morgan fingerprint density at radius 1 is 0.821 bits per heavy atom. The fourth-order valence-electron chi connectivity index (χ4n) is 6.76. The molecule has 4 rings (SSSR count). The number of hydrogen-bond acceptors (Lipinski definition) is 0. The van der Waals surface area contributed by atoms with Gasteiger partial charge < -0.3 is 0 Å². The molecule has 148 valence electrons. The van der Waals surface area contributed by atoms with E-state index in [2.05, 4.69) is 88.0 Å². The van der Waals surface area contributed by atoms with E-state index in [1.807, 2.05) is 0 Å². The molecule has 0 amide bonds. The third-order valence-corrected chi connectivity index (χ3v) is 63.0. The van der Waals surface area contributed by atoms with Crippen molar-refractivity contribution in [2.75, 3.05) is 0 Å². The SMILES string of the molecule is CC[CH2][Zr]([Cl])([Cl])([SiH2]C)([CH]1C(C)=Cc2ccccc21)[CH]1C(C)=Cc2ccccc21. The van der Waals surface area contributed by atoms with Gasteiger partial charge in [0.15, 0.2) is 0 Å². The molecule has 2 aromatic carbocycles. The fourth-order valence-corrected chi connectivity index (χ4v) is 51.7. The molecular formula is C24H30Cl2SiZr. The maximum atomic E-state index is 8.34. The molecule has 0 saturated carbocycles. The Balaban J connectivity index is 2.08. The van der Waals surface area contributed by atoms with Gasteiger partial charge in [0, 0.05) is 0 Å². The van der Waals surface area contributed by atoms with Gasteiger partial charge in [0.1, 0.15) is 0 Å². The van der Waals surface area contributed by atoms with Crippen molar-refractivity contribution in [3.8, 4) is 0 Å². The van der Waals surface area contributed by atoms with Crippen LogP contribution in [0.2, 0.25) is 10.7 Å². The first-order valence-electron chi connectivity index (χ1n) is 10.5. The minimum absolute atomic E-state index is 0.205. The minimum atomic E-state index is -4.90. The quantitative estimate of drug-likeness (QED) is 0.362. The van der Waals surface area contributed by atoms with Crippen LogP contribution in [0.3, 0.4) is 0 Å². The first-order chi connectivity index (χ1) is 13.2. The molecule has 0 nitrogen and oxygen atoms in total. The van der Waals surface area contributed by atoms with Crippen LogP contribution < -0.4 is 0 Å². The molecule has 2 atom stereocenters. The average Bonchev–Trinajstić information content (AvgIpc) is 3.19. The molecule has 0 aromatic heterocycles. The van der Waals surface area contributed by atoms with Crippen molar-refractivity contribution in [3.63, 3.8) is 0 Å². The summed E-state index contributed by atoms with van der Waals surface area (Å²) in [7, 11) is 16.7. The molecule has 0 N–H and O–H groups in total. The summed E-state index contributed by atoms with van der Waals surface area (Å²) in [5, 5.41) is 0. The van der Waals surface area contributed by atoms with E-state index in [-0.39, 0.29) is 7.25 Å². The third-order valence-electron chi connectivity index (χ3n) is 7.71. The van der Waals surface area contributed by atoms with Crippen molar-refractivity contribution in [2.45, 2.75) is 45.1 Å². The zero-order chi connectivity index (χ0) is 20.2. The van der Waals surface area contributed by atoms with Crippen LogP contribution in [0, 0.1) is 0 Å². The summed E-state index contributed by atoms with van der Waals surface area (Å²) in [4.78, 5) is 0. The van der Waals surface area contributed by atoms with E-state index in [4.69, 9.17) is 17.0 Å². The van der Waals surface area contributed by atoms with Crippen molar-refractivity contribution >= 4 is 35.8 Å². The van der Waals surface area contributed by atoms with Crippen LogP contribution in [0.25, 0.3) is 12.2 Å². The van der Waals surface area contributed by atoms with Crippen molar-refractivity contribution in [3.05, 3.63) is 81.9 Å². The Bertz CT molecular complexity index is 963. The van der Waals surface area contributed by atoms with Gasteiger partial charge in [0.25, 0.3) is 0 Å². The summed E-state index contributed by atoms with van der Waals surface area (Å²) in [5.74, 6) is 0. The van der Waals surface area contributed by atoms with E-state index in [1.54, 1.807) is 0 Å². The standard InChI is InChI=1S/2C10H9.C3H7.CH5Si.2ClH.Zr/c2*1-8-6-9-4-2-3-5-10(9)7-8;1-3-2;1-2;;;/h2*2-7H,1H3;1,3H2,2H3;2H2,1H3;2*1H;/q;;;;;;+2/p-2. The molecule has 0 bridgehead atoms. The number of fused-ring (bicyclic) bond motifs is 2. The molecule has 2 aromatic rings. The van der Waals surface area contributed by atoms with Crippen LogP contribution in [-0.2, 0) is 14.1 Å². The summed E-state index contributed by atoms with van der Waals surface area (Å²) in [5.41, 5.74) is 8.14. The van der Waals surface area contributed by atoms with Crippen LogP contribution in [0.4, 0.5) is 0 Å². The Kier molecular flexibility index (Phi) is 4.88. The normalized spacial score (nSPS) is 23.8. The number of rotatable bonds is 5. The summed E-state index contributed by atoms with van der Waals surface area (Å²) in [6.07, 6.45) is 5.73. The summed E-state index contributed by atoms with van der Waals surface area (Å²) >= 11 is -4.90. The van der Waals surface area contributed by atoms with Crippen LogP contribution in [-0.4, -0.2) is 6.65 Å². The van der Waals surface area contributed by atoms with Gasteiger partial charge in [-0.1, -0.05) is 0 Å². The van der Waals surface area contributed by atoms with E-state index in [0.717, 1.165) is 10.5 Å². The average molecular weight is 509 g/mol. The molecule has 0 heterocycles. The van der Waals surface area contributed by atoms with Crippen molar-refractivity contribution in [2.24, 2.45) is 0 Å². The number of hydrogen-bond donors (Lipinski definition) is 0. The van der Waals surface area contributed by atoms with E-state index >= 15 is 0 Å². The monoisotopic (exact) mass is 506 g/mol. The molecule has 0 saturated heterocycles. The molecule has 2 unspecified atom stereocenters. The molecule has 4 heteroatoms. The van der Waals surface area contributed by atoms with Gasteiger partial charge in [-0.3, -0.25) is 0 Å². The predicted molar refractivity (Wildman–Crippen MR) is 127 cm³/mol. The Morgan fingerprint density at radius 2 is 1.25 bits per heavy atom. The summed E-state index contributed by atoms with van der Waals surface area (Å²) in [6.45, 7) is 8.46. The van der Waals surface area contributed by atoms with Gasteiger partial charge in [-0.15, -0.1) is 0 Å². The topological polar surface area (TPSA) is 0 Å². The number of allylic oxidation sites excluding steroid dienone is 2. The molecular weight excluding hydrogens is 478 g/mol. The molecule has 0 fully saturated rings. The molecule has 2 aliphatic carbocycles. The van der Waals surface area contributed by atoms with Crippen LogP contribution in [0.5, 0.6) is 0 Å². The van der Waals surface area contributed by atoms with Crippen LogP contribution in [0.15, 0.2) is 59.7 Å². The number of benzene rings is 2. The van der Waals surface area contributed by atoms with E-state index in [1.165, 1.54) is 33.4 Å². The van der Waals surface area contributed by atoms with Crippen molar-refractivity contribution < 1.29 is 14.1 Å². The first kappa shape index (κ1) is 20.9. The van der Waals surface area contributed by atoms with Gasteiger partial charge in [-0.05, 0) is 0 Å². The maximum absolute atomic E-state index is 8.34. The van der Waals surface area contributed by atoms with Crippen LogP contribution in [0.1, 0.15) is 56.7 Å². The summed E-state index contributed by atoms with van der Waals surface area (Å²) < 4.78 is 1.40. The van der Waals surface area contributed by atoms with Crippen molar-refractivity contribution in [1.82, 2.24) is 0 Å². The summed E-state index contributed by atoms with van der Waals surface area (Å²) in [6, 6.07) is 17.6. The fraction of sp³-hybridized carbons (Fsp3) is 0.333. The number of halogens is 2. The molecule has 0 spiro atoms. The molecule has 0 radical (unpaired) electrons. The second-order valence-electron chi connectivity index (χ2n) is 9.28. The van der Waals surface area contributed by atoms with E-state index in [0.29, 0.717) is 0 Å². The van der Waals surface area contributed by atoms with Crippen LogP contribution >= 0.6 is 17.0 Å². The molecule has 2 aliphatic rings. The second-order valence-corrected chi connectivity index (χ2v) is 62.6. The molecule has 0 aliphatic heterocycles. The molecule has 28 heavy (non-hydrogen) atoms. The Morgan fingerprint density at radius 3 is 1.64 bits per heavy atom. The zero-order valence-corrected chi connectivity index (χ0v) is 22.7. The van der Waals surface area contributed by atoms with Gasteiger partial charge in [-0.2, -0.15) is 0 Å². The Hall–Kier alpha value is -0.400. The predicted octanol–water partition coefficient (Wildman–Crippen LogP) is 7.80. The Labute approximate surface area is 175 Å². The van der Waals surface area contributed by atoms with Crippen molar-refractivity contribution in [1.29, 1.82) is 0 Å². The zero-order valence-electron chi connectivity index (χ0n) is 17.3.